The minimum atomic E-state index is -0.122. The van der Waals surface area contributed by atoms with Crippen molar-refractivity contribution in [2.75, 3.05) is 31.1 Å². The van der Waals surface area contributed by atoms with Gasteiger partial charge in [-0.05, 0) is 25.3 Å². The highest BCUT2D eigenvalue weighted by molar-refractivity contribution is 5.92. The Morgan fingerprint density at radius 2 is 2.08 bits per heavy atom. The summed E-state index contributed by atoms with van der Waals surface area (Å²) in [5, 5.41) is 4.06. The van der Waals surface area contributed by atoms with Crippen molar-refractivity contribution < 1.29 is 4.79 Å². The molecule has 8 nitrogen and oxygen atoms in total. The molecule has 1 atom stereocenters. The Hall–Kier alpha value is -2.64. The molecule has 0 aliphatic carbocycles. The number of likely N-dealkylation sites (tertiary alicyclic amines) is 1. The van der Waals surface area contributed by atoms with Crippen LogP contribution < -0.4 is 10.5 Å². The first-order valence-corrected chi connectivity index (χ1v) is 8.75. The molecule has 0 radical (unpaired) electrons. The Morgan fingerprint density at radius 3 is 2.80 bits per heavy atom. The highest BCUT2D eigenvalue weighted by Crippen LogP contribution is 2.27. The number of anilines is 1. The van der Waals surface area contributed by atoms with Crippen LogP contribution in [0, 0.1) is 0 Å². The average Bonchev–Trinajstić information content (AvgIpc) is 3.35. The molecule has 1 amide bonds. The van der Waals surface area contributed by atoms with Gasteiger partial charge in [-0.25, -0.2) is 4.98 Å². The lowest BCUT2D eigenvalue weighted by Gasteiger charge is -2.18. The van der Waals surface area contributed by atoms with Crippen molar-refractivity contribution in [3.05, 3.63) is 40.1 Å². The summed E-state index contributed by atoms with van der Waals surface area (Å²) in [6.45, 7) is 3.12. The summed E-state index contributed by atoms with van der Waals surface area (Å²) in [4.78, 5) is 36.1. The zero-order valence-electron chi connectivity index (χ0n) is 14.3. The molecule has 2 aliphatic heterocycles. The van der Waals surface area contributed by atoms with Gasteiger partial charge in [0, 0.05) is 51.4 Å². The molecule has 2 aliphatic rings. The zero-order chi connectivity index (χ0) is 17.4. The number of carbonyl (C=O) groups is 1. The summed E-state index contributed by atoms with van der Waals surface area (Å²) in [6, 6.07) is 3.30. The maximum atomic E-state index is 12.6. The van der Waals surface area contributed by atoms with E-state index in [9.17, 15) is 9.59 Å². The van der Waals surface area contributed by atoms with Crippen LogP contribution >= 0.6 is 0 Å². The summed E-state index contributed by atoms with van der Waals surface area (Å²) in [7, 11) is 1.77. The van der Waals surface area contributed by atoms with Gasteiger partial charge in [0.2, 0.25) is 5.95 Å². The number of rotatable bonds is 3. The molecule has 0 saturated carbocycles. The molecule has 2 fully saturated rings. The van der Waals surface area contributed by atoms with Gasteiger partial charge in [-0.3, -0.25) is 19.3 Å². The van der Waals surface area contributed by atoms with Crippen LogP contribution in [0.25, 0.3) is 0 Å². The number of hydrogen-bond acceptors (Lipinski definition) is 5. The van der Waals surface area contributed by atoms with Gasteiger partial charge in [0.1, 0.15) is 5.69 Å². The Labute approximate surface area is 145 Å². The third kappa shape index (κ3) is 3.04. The number of amides is 1. The predicted octanol–water partition coefficient (Wildman–Crippen LogP) is 0.733. The first-order valence-electron chi connectivity index (χ1n) is 8.75. The Morgan fingerprint density at radius 1 is 1.28 bits per heavy atom. The maximum Gasteiger partial charge on any atom is 0.272 e. The van der Waals surface area contributed by atoms with E-state index in [2.05, 4.69) is 20.0 Å². The van der Waals surface area contributed by atoms with Crippen molar-refractivity contribution in [3.8, 4) is 0 Å². The van der Waals surface area contributed by atoms with Gasteiger partial charge in [0.25, 0.3) is 11.5 Å². The second-order valence-corrected chi connectivity index (χ2v) is 6.76. The molecule has 2 aromatic heterocycles. The van der Waals surface area contributed by atoms with Gasteiger partial charge in [-0.2, -0.15) is 5.10 Å². The largest absolute Gasteiger partial charge is 0.342 e. The molecule has 132 valence electrons. The SMILES string of the molecule is Cn1nccc1C(=O)N1CCC(c2cc(=O)[nH]c(N3CCCC3)n2)C1. The molecule has 4 rings (SSSR count). The lowest BCUT2D eigenvalue weighted by molar-refractivity contribution is 0.0780. The number of carbonyl (C=O) groups excluding carboxylic acids is 1. The third-order valence-electron chi connectivity index (χ3n) is 5.09. The van der Waals surface area contributed by atoms with Crippen molar-refractivity contribution in [2.24, 2.45) is 7.05 Å². The van der Waals surface area contributed by atoms with Crippen molar-refractivity contribution in [3.63, 3.8) is 0 Å². The number of aromatic amines is 1. The average molecular weight is 342 g/mol. The fourth-order valence-corrected chi connectivity index (χ4v) is 3.68. The monoisotopic (exact) mass is 342 g/mol. The van der Waals surface area contributed by atoms with Crippen LogP contribution in [0.2, 0.25) is 0 Å². The van der Waals surface area contributed by atoms with Crippen molar-refractivity contribution >= 4 is 11.9 Å². The number of H-pyrrole nitrogens is 1. The highest BCUT2D eigenvalue weighted by Gasteiger charge is 2.30. The first-order chi connectivity index (χ1) is 12.1. The smallest absolute Gasteiger partial charge is 0.272 e. The molecular formula is C17H22N6O2. The van der Waals surface area contributed by atoms with Gasteiger partial charge in [0.15, 0.2) is 0 Å². The van der Waals surface area contributed by atoms with Gasteiger partial charge in [-0.15, -0.1) is 0 Å². The molecule has 25 heavy (non-hydrogen) atoms. The zero-order valence-corrected chi connectivity index (χ0v) is 14.3. The molecule has 1 unspecified atom stereocenters. The summed E-state index contributed by atoms with van der Waals surface area (Å²) in [5.41, 5.74) is 1.24. The predicted molar refractivity (Wildman–Crippen MR) is 92.8 cm³/mol. The quantitative estimate of drug-likeness (QED) is 0.889. The van der Waals surface area contributed by atoms with Crippen LogP contribution in [0.1, 0.15) is 41.4 Å². The molecule has 0 aromatic carbocycles. The van der Waals surface area contributed by atoms with Gasteiger partial charge >= 0.3 is 0 Å². The standard InChI is InChI=1S/C17H22N6O2/c1-21-14(4-6-18-21)16(25)23-9-5-12(11-23)13-10-15(24)20-17(19-13)22-7-2-3-8-22/h4,6,10,12H,2-3,5,7-9,11H2,1H3,(H,19,20,24). The summed E-state index contributed by atoms with van der Waals surface area (Å²) >= 11 is 0. The van der Waals surface area contributed by atoms with E-state index >= 15 is 0 Å². The topological polar surface area (TPSA) is 87.1 Å². The van der Waals surface area contributed by atoms with Crippen LogP contribution in [0.3, 0.4) is 0 Å². The van der Waals surface area contributed by atoms with Crippen LogP contribution in [-0.4, -0.2) is 56.7 Å². The highest BCUT2D eigenvalue weighted by atomic mass is 16.2. The maximum absolute atomic E-state index is 12.6. The Balaban J connectivity index is 1.52. The molecule has 2 saturated heterocycles. The van der Waals surface area contributed by atoms with Gasteiger partial charge in [-0.1, -0.05) is 0 Å². The minimum absolute atomic E-state index is 0.0212. The Bertz CT molecular complexity index is 836. The van der Waals surface area contributed by atoms with Crippen LogP contribution in [0.4, 0.5) is 5.95 Å². The lowest BCUT2D eigenvalue weighted by atomic mass is 10.1. The second-order valence-electron chi connectivity index (χ2n) is 6.76. The molecule has 0 bridgehead atoms. The van der Waals surface area contributed by atoms with Crippen LogP contribution in [0.15, 0.2) is 23.1 Å². The number of hydrogen-bond donors (Lipinski definition) is 1. The van der Waals surface area contributed by atoms with E-state index in [1.54, 1.807) is 30.1 Å². The summed E-state index contributed by atoms with van der Waals surface area (Å²) < 4.78 is 1.59. The minimum Gasteiger partial charge on any atom is -0.342 e. The normalized spacial score (nSPS) is 20.4. The fraction of sp³-hybridized carbons (Fsp3) is 0.529. The first kappa shape index (κ1) is 15.9. The lowest BCUT2D eigenvalue weighted by Crippen LogP contribution is -2.30. The molecule has 2 aromatic rings. The van der Waals surface area contributed by atoms with Gasteiger partial charge < -0.3 is 9.80 Å². The van der Waals surface area contributed by atoms with E-state index in [4.69, 9.17) is 0 Å². The number of aromatic nitrogens is 4. The van der Waals surface area contributed by atoms with E-state index in [1.165, 1.54) is 0 Å². The summed E-state index contributed by atoms with van der Waals surface area (Å²) in [6.07, 6.45) is 4.70. The van der Waals surface area contributed by atoms with Crippen LogP contribution in [0.5, 0.6) is 0 Å². The number of nitrogens with one attached hydrogen (secondary N) is 1. The molecule has 4 heterocycles. The number of aryl methyl sites for hydroxylation is 1. The van der Waals surface area contributed by atoms with E-state index in [0.717, 1.165) is 38.0 Å². The van der Waals surface area contributed by atoms with E-state index < -0.39 is 0 Å². The molecule has 0 spiro atoms. The van der Waals surface area contributed by atoms with E-state index in [0.29, 0.717) is 24.7 Å². The third-order valence-corrected chi connectivity index (χ3v) is 5.09. The van der Waals surface area contributed by atoms with Gasteiger partial charge in [0.05, 0.1) is 5.69 Å². The second kappa shape index (κ2) is 6.34. The molecule has 1 N–H and O–H groups in total. The fourth-order valence-electron chi connectivity index (χ4n) is 3.68. The number of nitrogens with zero attached hydrogens (tertiary/aromatic N) is 5. The molecule has 8 heteroatoms. The van der Waals surface area contributed by atoms with E-state index in [-0.39, 0.29) is 17.4 Å². The van der Waals surface area contributed by atoms with Crippen molar-refractivity contribution in [2.45, 2.75) is 25.2 Å². The van der Waals surface area contributed by atoms with Crippen molar-refractivity contribution in [1.29, 1.82) is 0 Å². The Kier molecular flexibility index (Phi) is 4.03. The molecular weight excluding hydrogens is 320 g/mol. The van der Waals surface area contributed by atoms with Crippen molar-refractivity contribution in [1.82, 2.24) is 24.6 Å². The van der Waals surface area contributed by atoms with E-state index in [1.807, 2.05) is 4.90 Å². The van der Waals surface area contributed by atoms with Crippen LogP contribution in [-0.2, 0) is 7.05 Å². The summed E-state index contributed by atoms with van der Waals surface area (Å²) in [5.74, 6) is 0.740.